The standard InChI is InChI=1S/C16H18BrNO2/c1-11(18)16(13-5-3-6-14(17)9-13)20-15-7-2-4-12(8-15)10-19/h2-9,11,16,19H,10,18H2,1H3. The number of halogens is 1. The second kappa shape index (κ2) is 6.88. The topological polar surface area (TPSA) is 55.5 Å². The summed E-state index contributed by atoms with van der Waals surface area (Å²) in [6.45, 7) is 1.92. The molecule has 0 amide bonds. The lowest BCUT2D eigenvalue weighted by Gasteiger charge is -2.23. The number of nitrogens with two attached hydrogens (primary N) is 1. The third kappa shape index (κ3) is 3.82. The van der Waals surface area contributed by atoms with Gasteiger partial charge in [-0.15, -0.1) is 0 Å². The second-order valence-electron chi connectivity index (χ2n) is 4.76. The van der Waals surface area contributed by atoms with Crippen molar-refractivity contribution in [3.05, 3.63) is 64.1 Å². The van der Waals surface area contributed by atoms with Crippen molar-refractivity contribution in [2.75, 3.05) is 0 Å². The van der Waals surface area contributed by atoms with E-state index in [1.165, 1.54) is 0 Å². The zero-order chi connectivity index (χ0) is 14.5. The first-order chi connectivity index (χ1) is 9.60. The van der Waals surface area contributed by atoms with Crippen molar-refractivity contribution < 1.29 is 9.84 Å². The molecule has 0 saturated carbocycles. The molecule has 2 atom stereocenters. The lowest BCUT2D eigenvalue weighted by Crippen LogP contribution is -2.29. The van der Waals surface area contributed by atoms with Gasteiger partial charge in [0.05, 0.1) is 6.61 Å². The maximum atomic E-state index is 9.17. The first-order valence-corrected chi connectivity index (χ1v) is 7.27. The smallest absolute Gasteiger partial charge is 0.138 e. The van der Waals surface area contributed by atoms with Gasteiger partial charge in [0.15, 0.2) is 0 Å². The highest BCUT2D eigenvalue weighted by molar-refractivity contribution is 9.10. The van der Waals surface area contributed by atoms with Crippen LogP contribution in [0.15, 0.2) is 53.0 Å². The van der Waals surface area contributed by atoms with Gasteiger partial charge in [0, 0.05) is 10.5 Å². The first-order valence-electron chi connectivity index (χ1n) is 6.47. The number of benzene rings is 2. The Hall–Kier alpha value is -1.36. The van der Waals surface area contributed by atoms with E-state index in [-0.39, 0.29) is 18.8 Å². The van der Waals surface area contributed by atoms with Gasteiger partial charge in [0.1, 0.15) is 11.9 Å². The zero-order valence-corrected chi connectivity index (χ0v) is 12.9. The van der Waals surface area contributed by atoms with E-state index in [4.69, 9.17) is 10.5 Å². The molecule has 0 saturated heterocycles. The lowest BCUT2D eigenvalue weighted by atomic mass is 10.0. The Labute approximate surface area is 127 Å². The van der Waals surface area contributed by atoms with E-state index >= 15 is 0 Å². The van der Waals surface area contributed by atoms with Crippen LogP contribution in [0.3, 0.4) is 0 Å². The summed E-state index contributed by atoms with van der Waals surface area (Å²) in [5.41, 5.74) is 7.88. The predicted octanol–water partition coefficient (Wildman–Crippen LogP) is 3.41. The SMILES string of the molecule is CC(N)C(Oc1cccc(CO)c1)c1cccc(Br)c1. The fourth-order valence-electron chi connectivity index (χ4n) is 2.03. The highest BCUT2D eigenvalue weighted by atomic mass is 79.9. The van der Waals surface area contributed by atoms with Crippen molar-refractivity contribution in [1.29, 1.82) is 0 Å². The highest BCUT2D eigenvalue weighted by Gasteiger charge is 2.18. The molecule has 3 N–H and O–H groups in total. The van der Waals surface area contributed by atoms with Gasteiger partial charge < -0.3 is 15.6 Å². The molecule has 0 heterocycles. The van der Waals surface area contributed by atoms with Crippen molar-refractivity contribution in [3.8, 4) is 5.75 Å². The van der Waals surface area contributed by atoms with E-state index < -0.39 is 0 Å². The van der Waals surface area contributed by atoms with Crippen LogP contribution in [-0.4, -0.2) is 11.1 Å². The molecule has 0 aromatic heterocycles. The highest BCUT2D eigenvalue weighted by Crippen LogP contribution is 2.26. The minimum Gasteiger partial charge on any atom is -0.484 e. The monoisotopic (exact) mass is 335 g/mol. The van der Waals surface area contributed by atoms with Crippen LogP contribution in [0.4, 0.5) is 0 Å². The van der Waals surface area contributed by atoms with Crippen LogP contribution in [0.2, 0.25) is 0 Å². The minimum absolute atomic E-state index is 0.00305. The van der Waals surface area contributed by atoms with Gasteiger partial charge >= 0.3 is 0 Å². The van der Waals surface area contributed by atoms with Gasteiger partial charge in [-0.1, -0.05) is 40.2 Å². The molecule has 20 heavy (non-hydrogen) atoms. The Morgan fingerprint density at radius 3 is 2.60 bits per heavy atom. The number of aliphatic hydroxyl groups excluding tert-OH is 1. The first kappa shape index (κ1) is 15.0. The van der Waals surface area contributed by atoms with Crippen LogP contribution in [0.25, 0.3) is 0 Å². The normalized spacial score (nSPS) is 13.8. The van der Waals surface area contributed by atoms with Crippen LogP contribution in [0.5, 0.6) is 5.75 Å². The number of hydrogen-bond acceptors (Lipinski definition) is 3. The average molecular weight is 336 g/mol. The molecular weight excluding hydrogens is 318 g/mol. The Morgan fingerprint density at radius 1 is 1.20 bits per heavy atom. The summed E-state index contributed by atoms with van der Waals surface area (Å²) in [5, 5.41) is 9.17. The maximum absolute atomic E-state index is 9.17. The van der Waals surface area contributed by atoms with Gasteiger partial charge in [0.25, 0.3) is 0 Å². The summed E-state index contributed by atoms with van der Waals surface area (Å²) in [5.74, 6) is 0.707. The van der Waals surface area contributed by atoms with Crippen molar-refractivity contribution in [2.24, 2.45) is 5.73 Å². The van der Waals surface area contributed by atoms with E-state index in [0.717, 1.165) is 15.6 Å². The predicted molar refractivity (Wildman–Crippen MR) is 83.5 cm³/mol. The van der Waals surface area contributed by atoms with Gasteiger partial charge in [0.2, 0.25) is 0 Å². The second-order valence-corrected chi connectivity index (χ2v) is 5.67. The van der Waals surface area contributed by atoms with E-state index in [2.05, 4.69) is 15.9 Å². The van der Waals surface area contributed by atoms with Crippen molar-refractivity contribution in [1.82, 2.24) is 0 Å². The number of ether oxygens (including phenoxy) is 1. The summed E-state index contributed by atoms with van der Waals surface area (Å²) >= 11 is 3.46. The molecular formula is C16H18BrNO2. The van der Waals surface area contributed by atoms with Crippen LogP contribution >= 0.6 is 15.9 Å². The molecule has 0 aliphatic carbocycles. The summed E-state index contributed by atoms with van der Waals surface area (Å²) in [6.07, 6.45) is -0.235. The van der Waals surface area contributed by atoms with Crippen LogP contribution in [-0.2, 0) is 6.61 Å². The fraction of sp³-hybridized carbons (Fsp3) is 0.250. The molecule has 0 aliphatic heterocycles. The summed E-state index contributed by atoms with van der Waals surface area (Å²) < 4.78 is 7.00. The van der Waals surface area contributed by atoms with Gasteiger partial charge in [-0.25, -0.2) is 0 Å². The molecule has 106 valence electrons. The van der Waals surface area contributed by atoms with E-state index in [0.29, 0.717) is 5.75 Å². The fourth-order valence-corrected chi connectivity index (χ4v) is 2.44. The summed E-state index contributed by atoms with van der Waals surface area (Å²) in [7, 11) is 0. The Balaban J connectivity index is 2.25. The van der Waals surface area contributed by atoms with Crippen molar-refractivity contribution in [3.63, 3.8) is 0 Å². The molecule has 0 radical (unpaired) electrons. The van der Waals surface area contributed by atoms with Crippen LogP contribution in [0.1, 0.15) is 24.2 Å². The Kier molecular flexibility index (Phi) is 5.17. The molecule has 4 heteroatoms. The minimum atomic E-state index is -0.235. The lowest BCUT2D eigenvalue weighted by molar-refractivity contribution is 0.179. The van der Waals surface area contributed by atoms with Gasteiger partial charge in [-0.3, -0.25) is 0 Å². The molecule has 0 aliphatic rings. The van der Waals surface area contributed by atoms with Crippen LogP contribution < -0.4 is 10.5 Å². The Bertz CT molecular complexity index is 572. The number of hydrogen-bond donors (Lipinski definition) is 2. The molecule has 3 nitrogen and oxygen atoms in total. The van der Waals surface area contributed by atoms with Crippen molar-refractivity contribution in [2.45, 2.75) is 25.7 Å². The number of rotatable bonds is 5. The zero-order valence-electron chi connectivity index (χ0n) is 11.3. The summed E-state index contributed by atoms with van der Waals surface area (Å²) in [6, 6.07) is 15.2. The third-order valence-corrected chi connectivity index (χ3v) is 3.49. The molecule has 2 aromatic rings. The molecule has 0 bridgehead atoms. The van der Waals surface area contributed by atoms with Gasteiger partial charge in [-0.2, -0.15) is 0 Å². The van der Waals surface area contributed by atoms with Gasteiger partial charge in [-0.05, 0) is 42.3 Å². The van der Waals surface area contributed by atoms with E-state index in [9.17, 15) is 5.11 Å². The van der Waals surface area contributed by atoms with E-state index in [1.54, 1.807) is 0 Å². The van der Waals surface area contributed by atoms with E-state index in [1.807, 2.05) is 55.5 Å². The molecule has 0 spiro atoms. The largest absolute Gasteiger partial charge is 0.484 e. The Morgan fingerprint density at radius 2 is 1.95 bits per heavy atom. The molecule has 2 aromatic carbocycles. The van der Waals surface area contributed by atoms with Crippen molar-refractivity contribution >= 4 is 15.9 Å². The molecule has 2 unspecified atom stereocenters. The third-order valence-electron chi connectivity index (χ3n) is 3.00. The molecule has 2 rings (SSSR count). The number of aliphatic hydroxyl groups is 1. The summed E-state index contributed by atoms with van der Waals surface area (Å²) in [4.78, 5) is 0. The maximum Gasteiger partial charge on any atom is 0.138 e. The average Bonchev–Trinajstić information content (AvgIpc) is 2.44. The van der Waals surface area contributed by atoms with Crippen LogP contribution in [0, 0.1) is 0 Å². The quantitative estimate of drug-likeness (QED) is 0.880. The molecule has 0 fully saturated rings.